The van der Waals surface area contributed by atoms with Gasteiger partial charge in [0.05, 0.1) is 11.4 Å². The number of ether oxygens (including phenoxy) is 2. The molecule has 0 aromatic heterocycles. The number of nitrogens with zero attached hydrogens (tertiary/aromatic N) is 1. The third kappa shape index (κ3) is 4.06. The van der Waals surface area contributed by atoms with Gasteiger partial charge in [0.15, 0.2) is 4.90 Å². The Hall–Kier alpha value is -1.28. The quantitative estimate of drug-likeness (QED) is 0.623. The minimum Gasteiger partial charge on any atom is -0.593 e. The first-order valence-corrected chi connectivity index (χ1v) is 13.6. The van der Waals surface area contributed by atoms with E-state index in [4.69, 9.17) is 9.47 Å². The highest BCUT2D eigenvalue weighted by molar-refractivity contribution is 7.89. The molecule has 2 aliphatic carbocycles. The van der Waals surface area contributed by atoms with Gasteiger partial charge in [-0.15, -0.1) is 4.31 Å². The molecule has 2 heterocycles. The lowest BCUT2D eigenvalue weighted by Gasteiger charge is -2.52. The van der Waals surface area contributed by atoms with Crippen LogP contribution in [0.2, 0.25) is 0 Å². The summed E-state index contributed by atoms with van der Waals surface area (Å²) in [6, 6.07) is 5.73. The van der Waals surface area contributed by atoms with Crippen LogP contribution >= 0.6 is 0 Å². The van der Waals surface area contributed by atoms with Crippen LogP contribution < -0.4 is 4.74 Å². The van der Waals surface area contributed by atoms with Crippen molar-refractivity contribution in [3.63, 3.8) is 0 Å². The number of carboxylic acid groups (broad SMARTS) is 1. The zero-order chi connectivity index (χ0) is 22.1. The molecule has 0 amide bonds. The maximum absolute atomic E-state index is 13.3. The van der Waals surface area contributed by atoms with Crippen LogP contribution in [0.5, 0.6) is 5.75 Å². The van der Waals surface area contributed by atoms with Crippen LogP contribution in [0.15, 0.2) is 23.1 Å². The number of benzene rings is 1. The summed E-state index contributed by atoms with van der Waals surface area (Å²) in [5, 5.41) is 9.87. The van der Waals surface area contributed by atoms with Gasteiger partial charge in [0.25, 0.3) is 6.29 Å². The second kappa shape index (κ2) is 9.53. The zero-order valence-electron chi connectivity index (χ0n) is 18.8. The van der Waals surface area contributed by atoms with Crippen molar-refractivity contribution in [3.05, 3.63) is 23.8 Å². The van der Waals surface area contributed by atoms with Gasteiger partial charge in [-0.25, -0.2) is 4.79 Å². The predicted octanol–water partition coefficient (Wildman–Crippen LogP) is 4.98. The number of carboxylic acids is 1. The molecule has 2 unspecified atom stereocenters. The van der Waals surface area contributed by atoms with Crippen molar-refractivity contribution in [2.75, 3.05) is 13.1 Å². The van der Waals surface area contributed by atoms with Gasteiger partial charge in [-0.1, -0.05) is 38.5 Å². The first-order valence-electron chi connectivity index (χ1n) is 12.5. The Kier molecular flexibility index (Phi) is 6.70. The number of aliphatic carboxylic acids is 1. The SMILES string of the molecule is O=C(O)C1Oc2ccc([S+]([O-])N3CCCC3)cc2C(C2CCCCC2)(C2CCCCC2)O1. The maximum Gasteiger partial charge on any atom is 0.373 e. The van der Waals surface area contributed by atoms with E-state index in [2.05, 4.69) is 0 Å². The molecule has 6 nitrogen and oxygen atoms in total. The predicted molar refractivity (Wildman–Crippen MR) is 122 cm³/mol. The molecule has 1 aromatic carbocycles. The summed E-state index contributed by atoms with van der Waals surface area (Å²) in [5.41, 5.74) is 0.265. The van der Waals surface area contributed by atoms with Gasteiger partial charge in [0.2, 0.25) is 0 Å². The Morgan fingerprint density at radius 2 is 1.56 bits per heavy atom. The number of hydrogen-bond donors (Lipinski definition) is 1. The van der Waals surface area contributed by atoms with E-state index in [0.717, 1.165) is 87.8 Å². The highest BCUT2D eigenvalue weighted by Crippen LogP contribution is 2.56. The third-order valence-corrected chi connectivity index (χ3v) is 9.53. The summed E-state index contributed by atoms with van der Waals surface area (Å²) in [6.45, 7) is 1.71. The van der Waals surface area contributed by atoms with Crippen molar-refractivity contribution in [1.29, 1.82) is 0 Å². The average molecular weight is 462 g/mol. The standard InChI is InChI=1S/C25H35NO5S/c27-23(28)24-30-22-14-13-20(32(29)26-15-7-8-16-26)17-21(22)25(31-24,18-9-3-1-4-10-18)19-11-5-2-6-12-19/h13-14,17-19,24H,1-12,15-16H2,(H,27,28). The van der Waals surface area contributed by atoms with Crippen molar-refractivity contribution >= 4 is 17.3 Å². The highest BCUT2D eigenvalue weighted by atomic mass is 32.2. The second-order valence-electron chi connectivity index (χ2n) is 9.91. The first kappa shape index (κ1) is 22.5. The molecule has 7 heteroatoms. The normalized spacial score (nSPS) is 28.1. The minimum atomic E-state index is -1.29. The summed E-state index contributed by atoms with van der Waals surface area (Å²) in [6.07, 6.45) is 12.1. The molecule has 176 valence electrons. The van der Waals surface area contributed by atoms with Crippen molar-refractivity contribution in [3.8, 4) is 5.75 Å². The number of carbonyl (C=O) groups is 1. The molecule has 5 rings (SSSR count). The van der Waals surface area contributed by atoms with E-state index in [0.29, 0.717) is 5.75 Å². The maximum atomic E-state index is 13.3. The summed E-state index contributed by atoms with van der Waals surface area (Å²) in [7, 11) is 0. The van der Waals surface area contributed by atoms with Crippen LogP contribution in [0, 0.1) is 11.8 Å². The van der Waals surface area contributed by atoms with E-state index < -0.39 is 29.2 Å². The monoisotopic (exact) mass is 461 g/mol. The fourth-order valence-corrected chi connectivity index (χ4v) is 7.83. The molecule has 32 heavy (non-hydrogen) atoms. The second-order valence-corrected chi connectivity index (χ2v) is 11.4. The first-order chi connectivity index (χ1) is 15.6. The molecule has 1 aromatic rings. The molecule has 1 saturated heterocycles. The van der Waals surface area contributed by atoms with Crippen molar-refractivity contribution < 1.29 is 23.9 Å². The van der Waals surface area contributed by atoms with E-state index in [1.807, 2.05) is 22.5 Å². The average Bonchev–Trinajstić information content (AvgIpc) is 3.38. The minimum absolute atomic E-state index is 0.263. The van der Waals surface area contributed by atoms with Gasteiger partial charge in [0, 0.05) is 24.7 Å². The molecule has 0 radical (unpaired) electrons. The fourth-order valence-electron chi connectivity index (χ4n) is 6.54. The molecule has 2 atom stereocenters. The fraction of sp³-hybridized carbons (Fsp3) is 0.720. The van der Waals surface area contributed by atoms with E-state index in [-0.39, 0.29) is 11.8 Å². The molecular formula is C25H35NO5S. The zero-order valence-corrected chi connectivity index (χ0v) is 19.6. The van der Waals surface area contributed by atoms with E-state index in [1.54, 1.807) is 0 Å². The van der Waals surface area contributed by atoms with Gasteiger partial charge < -0.3 is 19.1 Å². The van der Waals surface area contributed by atoms with Gasteiger partial charge in [-0.2, -0.15) is 0 Å². The van der Waals surface area contributed by atoms with Crippen LogP contribution in [0.4, 0.5) is 0 Å². The molecule has 2 saturated carbocycles. The Labute approximate surface area is 194 Å². The largest absolute Gasteiger partial charge is 0.593 e. The molecule has 0 spiro atoms. The smallest absolute Gasteiger partial charge is 0.373 e. The highest BCUT2D eigenvalue weighted by Gasteiger charge is 2.55. The van der Waals surface area contributed by atoms with Gasteiger partial charge in [0.1, 0.15) is 11.4 Å². The van der Waals surface area contributed by atoms with Crippen molar-refractivity contribution in [2.45, 2.75) is 93.8 Å². The Morgan fingerprint density at radius 1 is 0.969 bits per heavy atom. The molecule has 3 fully saturated rings. The summed E-state index contributed by atoms with van der Waals surface area (Å²) in [5.74, 6) is 0.0528. The Bertz CT molecular complexity index is 797. The lowest BCUT2D eigenvalue weighted by Crippen LogP contribution is -2.54. The number of fused-ring (bicyclic) bond motifs is 1. The van der Waals surface area contributed by atoms with Crippen molar-refractivity contribution in [1.82, 2.24) is 4.31 Å². The van der Waals surface area contributed by atoms with Gasteiger partial charge in [-0.05, 0) is 62.5 Å². The van der Waals surface area contributed by atoms with Crippen LogP contribution in [-0.4, -0.2) is 39.3 Å². The lowest BCUT2D eigenvalue weighted by atomic mass is 9.63. The van der Waals surface area contributed by atoms with E-state index in [1.165, 1.54) is 12.8 Å². The van der Waals surface area contributed by atoms with Crippen LogP contribution in [0.1, 0.15) is 82.6 Å². The van der Waals surface area contributed by atoms with Crippen LogP contribution in [0.3, 0.4) is 0 Å². The summed E-state index contributed by atoms with van der Waals surface area (Å²) >= 11 is -1.21. The molecule has 2 aliphatic heterocycles. The molecular weight excluding hydrogens is 426 g/mol. The van der Waals surface area contributed by atoms with Gasteiger partial charge in [-0.3, -0.25) is 0 Å². The van der Waals surface area contributed by atoms with Crippen molar-refractivity contribution in [2.24, 2.45) is 11.8 Å². The van der Waals surface area contributed by atoms with E-state index in [9.17, 15) is 14.5 Å². The third-order valence-electron chi connectivity index (χ3n) is 8.03. The topological polar surface area (TPSA) is 82.1 Å². The number of rotatable bonds is 5. The Balaban J connectivity index is 1.61. The molecule has 0 bridgehead atoms. The summed E-state index contributed by atoms with van der Waals surface area (Å²) < 4.78 is 27.8. The summed E-state index contributed by atoms with van der Waals surface area (Å²) in [4.78, 5) is 12.8. The molecule has 1 N–H and O–H groups in total. The Morgan fingerprint density at radius 3 is 2.12 bits per heavy atom. The lowest BCUT2D eigenvalue weighted by molar-refractivity contribution is -0.252. The van der Waals surface area contributed by atoms with Gasteiger partial charge >= 0.3 is 5.97 Å². The number of hydrogen-bond acceptors (Lipinski definition) is 5. The van der Waals surface area contributed by atoms with Crippen LogP contribution in [0.25, 0.3) is 0 Å². The van der Waals surface area contributed by atoms with Crippen LogP contribution in [-0.2, 0) is 26.5 Å². The molecule has 4 aliphatic rings. The van der Waals surface area contributed by atoms with E-state index >= 15 is 0 Å².